The van der Waals surface area contributed by atoms with Crippen LogP contribution in [0.15, 0.2) is 12.1 Å². The average Bonchev–Trinajstić information content (AvgIpc) is 2.72. The van der Waals surface area contributed by atoms with Gasteiger partial charge >= 0.3 is 6.18 Å². The molecule has 0 amide bonds. The van der Waals surface area contributed by atoms with Crippen molar-refractivity contribution in [2.75, 3.05) is 0 Å². The Labute approximate surface area is 92.9 Å². The molecule has 2 aromatic rings. The van der Waals surface area contributed by atoms with Crippen molar-refractivity contribution in [3.63, 3.8) is 0 Å². The number of benzene rings is 1. The molecule has 0 fully saturated rings. The Morgan fingerprint density at radius 2 is 1.71 bits per heavy atom. The number of fused-ring (bicyclic) bond motifs is 1. The van der Waals surface area contributed by atoms with Crippen LogP contribution in [-0.2, 0) is 6.18 Å². The third-order valence-electron chi connectivity index (χ3n) is 2.15. The van der Waals surface area contributed by atoms with Crippen LogP contribution in [0.3, 0.4) is 0 Å². The van der Waals surface area contributed by atoms with Crippen molar-refractivity contribution < 1.29 is 13.2 Å². The summed E-state index contributed by atoms with van der Waals surface area (Å²) in [6, 6.07) is 6.01. The quantitative estimate of drug-likeness (QED) is 0.762. The Bertz CT molecular complexity index is 619. The maximum absolute atomic E-state index is 12.4. The molecule has 0 spiro atoms. The predicted molar refractivity (Wildman–Crippen MR) is 50.5 cm³/mol. The van der Waals surface area contributed by atoms with E-state index < -0.39 is 12.0 Å². The lowest BCUT2D eigenvalue weighted by molar-refractivity contribution is -0.144. The normalized spacial score (nSPS) is 11.1. The maximum Gasteiger partial charge on any atom is 0.449 e. The number of hydrogen-bond donors (Lipinski definition) is 1. The number of nitrogens with zero attached hydrogens (tertiary/aromatic N) is 3. The molecular formula is C10H3F3N4. The fourth-order valence-electron chi connectivity index (χ4n) is 1.41. The Hall–Kier alpha value is -2.54. The van der Waals surface area contributed by atoms with Gasteiger partial charge in [-0.25, -0.2) is 4.98 Å². The number of nitriles is 2. The standard InChI is InChI=1S/C10H3F3N4/c11-10(12,13)9-16-7-5(3-14)1-2-6(4-15)8(7)17-9/h1-2H,(H,16,17). The number of aromatic amines is 1. The van der Waals surface area contributed by atoms with Crippen LogP contribution in [-0.4, -0.2) is 9.97 Å². The third-order valence-corrected chi connectivity index (χ3v) is 2.15. The highest BCUT2D eigenvalue weighted by Gasteiger charge is 2.35. The van der Waals surface area contributed by atoms with Crippen molar-refractivity contribution in [2.24, 2.45) is 0 Å². The minimum absolute atomic E-state index is 0.00856. The van der Waals surface area contributed by atoms with Crippen LogP contribution in [0.1, 0.15) is 17.0 Å². The van der Waals surface area contributed by atoms with Gasteiger partial charge in [-0.3, -0.25) is 0 Å². The number of halogens is 3. The Kier molecular flexibility index (Phi) is 2.25. The summed E-state index contributed by atoms with van der Waals surface area (Å²) in [6.07, 6.45) is -4.64. The number of rotatable bonds is 0. The van der Waals surface area contributed by atoms with Crippen LogP contribution < -0.4 is 0 Å². The van der Waals surface area contributed by atoms with Gasteiger partial charge in [-0.2, -0.15) is 23.7 Å². The van der Waals surface area contributed by atoms with Gasteiger partial charge in [0.25, 0.3) is 0 Å². The highest BCUT2D eigenvalue weighted by atomic mass is 19.4. The van der Waals surface area contributed by atoms with E-state index in [4.69, 9.17) is 10.5 Å². The number of H-pyrrole nitrogens is 1. The van der Waals surface area contributed by atoms with Gasteiger partial charge in [0.1, 0.15) is 17.7 Å². The van der Waals surface area contributed by atoms with Gasteiger partial charge in [0.05, 0.1) is 16.6 Å². The van der Waals surface area contributed by atoms with Crippen molar-refractivity contribution in [3.05, 3.63) is 29.1 Å². The molecule has 1 heterocycles. The minimum atomic E-state index is -4.64. The van der Waals surface area contributed by atoms with E-state index in [0.717, 1.165) is 0 Å². The molecule has 0 saturated heterocycles. The molecule has 1 aromatic heterocycles. The highest BCUT2D eigenvalue weighted by molar-refractivity contribution is 5.86. The number of aromatic nitrogens is 2. The number of alkyl halides is 3. The fourth-order valence-corrected chi connectivity index (χ4v) is 1.41. The van der Waals surface area contributed by atoms with Crippen LogP contribution >= 0.6 is 0 Å². The van der Waals surface area contributed by atoms with Crippen molar-refractivity contribution in [1.82, 2.24) is 9.97 Å². The number of nitrogens with one attached hydrogen (secondary N) is 1. The molecule has 0 aliphatic rings. The van der Waals surface area contributed by atoms with Gasteiger partial charge in [0.2, 0.25) is 5.82 Å². The van der Waals surface area contributed by atoms with E-state index in [0.29, 0.717) is 0 Å². The van der Waals surface area contributed by atoms with Gasteiger partial charge in [-0.05, 0) is 12.1 Å². The second kappa shape index (κ2) is 3.49. The largest absolute Gasteiger partial charge is 0.449 e. The Morgan fingerprint density at radius 3 is 2.24 bits per heavy atom. The lowest BCUT2D eigenvalue weighted by Gasteiger charge is -1.99. The molecule has 84 valence electrons. The molecule has 17 heavy (non-hydrogen) atoms. The molecule has 4 nitrogen and oxygen atoms in total. The number of imidazole rings is 1. The van der Waals surface area contributed by atoms with Crippen molar-refractivity contribution in [2.45, 2.75) is 6.18 Å². The molecule has 0 radical (unpaired) electrons. The summed E-state index contributed by atoms with van der Waals surface area (Å²) in [7, 11) is 0. The lowest BCUT2D eigenvalue weighted by atomic mass is 10.1. The average molecular weight is 236 g/mol. The van der Waals surface area contributed by atoms with E-state index in [1.165, 1.54) is 12.1 Å². The summed E-state index contributed by atoms with van der Waals surface area (Å²) in [5.41, 5.74) is -0.203. The van der Waals surface area contributed by atoms with E-state index in [2.05, 4.69) is 4.98 Å². The fraction of sp³-hybridized carbons (Fsp3) is 0.100. The topological polar surface area (TPSA) is 76.3 Å². The zero-order valence-electron chi connectivity index (χ0n) is 8.13. The van der Waals surface area contributed by atoms with Gasteiger partial charge in [0, 0.05) is 0 Å². The molecule has 7 heteroatoms. The minimum Gasteiger partial charge on any atom is -0.333 e. The van der Waals surface area contributed by atoms with Crippen LogP contribution in [0.25, 0.3) is 11.0 Å². The monoisotopic (exact) mass is 236 g/mol. The van der Waals surface area contributed by atoms with E-state index >= 15 is 0 Å². The van der Waals surface area contributed by atoms with Gasteiger partial charge in [0.15, 0.2) is 0 Å². The molecule has 1 N–H and O–H groups in total. The zero-order chi connectivity index (χ0) is 12.6. The first kappa shape index (κ1) is 11.0. The maximum atomic E-state index is 12.4. The van der Waals surface area contributed by atoms with E-state index in [1.54, 1.807) is 12.1 Å². The summed E-state index contributed by atoms with van der Waals surface area (Å²) in [4.78, 5) is 5.33. The first-order valence-electron chi connectivity index (χ1n) is 4.37. The number of hydrogen-bond acceptors (Lipinski definition) is 3. The van der Waals surface area contributed by atoms with Crippen molar-refractivity contribution in [1.29, 1.82) is 10.5 Å². The molecular weight excluding hydrogens is 233 g/mol. The van der Waals surface area contributed by atoms with Gasteiger partial charge in [-0.1, -0.05) is 0 Å². The summed E-state index contributed by atoms with van der Waals surface area (Å²) >= 11 is 0. The zero-order valence-corrected chi connectivity index (χ0v) is 8.13. The second-order valence-electron chi connectivity index (χ2n) is 3.19. The predicted octanol–water partition coefficient (Wildman–Crippen LogP) is 2.33. The molecule has 0 bridgehead atoms. The molecule has 0 aliphatic carbocycles. The van der Waals surface area contributed by atoms with Crippen LogP contribution in [0.4, 0.5) is 13.2 Å². The lowest BCUT2D eigenvalue weighted by Crippen LogP contribution is -2.06. The van der Waals surface area contributed by atoms with Crippen LogP contribution in [0.5, 0.6) is 0 Å². The van der Waals surface area contributed by atoms with E-state index in [1.807, 2.05) is 4.98 Å². The molecule has 0 atom stereocenters. The van der Waals surface area contributed by atoms with Crippen LogP contribution in [0, 0.1) is 22.7 Å². The third kappa shape index (κ3) is 1.68. The molecule has 1 aromatic carbocycles. The van der Waals surface area contributed by atoms with Crippen LogP contribution in [0.2, 0.25) is 0 Å². The molecule has 2 rings (SSSR count). The Balaban J connectivity index is 2.84. The first-order valence-corrected chi connectivity index (χ1v) is 4.37. The van der Waals surface area contributed by atoms with E-state index in [9.17, 15) is 13.2 Å². The Morgan fingerprint density at radius 1 is 1.12 bits per heavy atom. The van der Waals surface area contributed by atoms with Crippen molar-refractivity contribution in [3.8, 4) is 12.1 Å². The second-order valence-corrected chi connectivity index (χ2v) is 3.19. The SMILES string of the molecule is N#Cc1ccc(C#N)c2[nH]c(C(F)(F)F)nc12. The van der Waals surface area contributed by atoms with Crippen molar-refractivity contribution >= 4 is 11.0 Å². The van der Waals surface area contributed by atoms with E-state index in [-0.39, 0.29) is 22.2 Å². The molecule has 0 unspecified atom stereocenters. The summed E-state index contributed by atoms with van der Waals surface area (Å²) < 4.78 is 37.3. The highest BCUT2D eigenvalue weighted by Crippen LogP contribution is 2.30. The molecule has 0 saturated carbocycles. The van der Waals surface area contributed by atoms with Gasteiger partial charge in [-0.15, -0.1) is 0 Å². The molecule has 0 aliphatic heterocycles. The summed E-state index contributed by atoms with van der Waals surface area (Å²) in [5.74, 6) is -1.22. The summed E-state index contributed by atoms with van der Waals surface area (Å²) in [6.45, 7) is 0. The first-order chi connectivity index (χ1) is 7.97. The smallest absolute Gasteiger partial charge is 0.333 e. The van der Waals surface area contributed by atoms with Gasteiger partial charge < -0.3 is 4.98 Å². The summed E-state index contributed by atoms with van der Waals surface area (Å²) in [5, 5.41) is 17.5.